The molecule has 0 aliphatic carbocycles. The van der Waals surface area contributed by atoms with Gasteiger partial charge in [0.25, 0.3) is 0 Å². The quantitative estimate of drug-likeness (QED) is 0.403. The molecule has 0 aromatic heterocycles. The highest BCUT2D eigenvalue weighted by atomic mass is 16.6. The Labute approximate surface area is 126 Å². The van der Waals surface area contributed by atoms with Crippen molar-refractivity contribution in [2.75, 3.05) is 32.8 Å². The summed E-state index contributed by atoms with van der Waals surface area (Å²) in [6.45, 7) is 4.90. The lowest BCUT2D eigenvalue weighted by molar-refractivity contribution is -0.123. The highest BCUT2D eigenvalue weighted by Crippen LogP contribution is 2.15. The first kappa shape index (κ1) is 17.9. The number of piperidine rings is 1. The van der Waals surface area contributed by atoms with Crippen LogP contribution in [0.25, 0.3) is 0 Å². The number of amides is 2. The van der Waals surface area contributed by atoms with E-state index in [9.17, 15) is 9.59 Å². The van der Waals surface area contributed by atoms with E-state index in [-0.39, 0.29) is 11.8 Å². The third-order valence-electron chi connectivity index (χ3n) is 3.72. The molecule has 2 amide bonds. The van der Waals surface area contributed by atoms with Gasteiger partial charge in [0, 0.05) is 25.6 Å². The van der Waals surface area contributed by atoms with Gasteiger partial charge in [-0.2, -0.15) is 0 Å². The molecule has 21 heavy (non-hydrogen) atoms. The molecule has 0 bridgehead atoms. The van der Waals surface area contributed by atoms with E-state index in [1.165, 1.54) is 6.42 Å². The maximum Gasteiger partial charge on any atom is 0.234 e. The van der Waals surface area contributed by atoms with Crippen molar-refractivity contribution in [1.82, 2.24) is 15.5 Å². The van der Waals surface area contributed by atoms with Gasteiger partial charge in [-0.1, -0.05) is 6.42 Å². The number of nitrogens with two attached hydrogens (primary N) is 1. The average Bonchev–Trinajstić information content (AvgIpc) is 2.46. The van der Waals surface area contributed by atoms with Crippen molar-refractivity contribution in [2.45, 2.75) is 45.1 Å². The molecule has 122 valence electrons. The molecule has 0 saturated carbocycles. The van der Waals surface area contributed by atoms with Gasteiger partial charge in [-0.15, -0.1) is 0 Å². The smallest absolute Gasteiger partial charge is 0.234 e. The van der Waals surface area contributed by atoms with Crippen LogP contribution >= 0.6 is 0 Å². The molecule has 1 heterocycles. The molecule has 4 N–H and O–H groups in total. The van der Waals surface area contributed by atoms with Gasteiger partial charge in [-0.05, 0) is 32.7 Å². The number of hydrogen-bond acceptors (Lipinski definition) is 5. The zero-order valence-corrected chi connectivity index (χ0v) is 12.9. The van der Waals surface area contributed by atoms with Crippen LogP contribution in [-0.2, 0) is 14.4 Å². The minimum absolute atomic E-state index is 0.00641. The van der Waals surface area contributed by atoms with Gasteiger partial charge in [-0.25, -0.2) is 5.90 Å². The highest BCUT2D eigenvalue weighted by Gasteiger charge is 2.20. The van der Waals surface area contributed by atoms with E-state index < -0.39 is 0 Å². The fraction of sp³-hybridized carbons (Fsp3) is 0.857. The zero-order valence-electron chi connectivity index (χ0n) is 12.9. The minimum atomic E-state index is -0.0707. The van der Waals surface area contributed by atoms with Gasteiger partial charge in [0.05, 0.1) is 13.2 Å². The third kappa shape index (κ3) is 7.99. The molecule has 0 radical (unpaired) electrons. The van der Waals surface area contributed by atoms with E-state index in [0.29, 0.717) is 45.1 Å². The molecule has 1 aliphatic heterocycles. The second-order valence-electron chi connectivity index (χ2n) is 5.49. The summed E-state index contributed by atoms with van der Waals surface area (Å²) in [5, 5.41) is 5.54. The zero-order chi connectivity index (χ0) is 15.5. The second kappa shape index (κ2) is 10.5. The topological polar surface area (TPSA) is 96.7 Å². The molecule has 1 fully saturated rings. The number of hydrogen-bond donors (Lipinski definition) is 3. The van der Waals surface area contributed by atoms with Crippen LogP contribution in [0.5, 0.6) is 0 Å². The summed E-state index contributed by atoms with van der Waals surface area (Å²) in [6.07, 6.45) is 4.54. The predicted molar refractivity (Wildman–Crippen MR) is 80.3 cm³/mol. The maximum atomic E-state index is 11.8. The number of carbonyl (C=O) groups is 2. The summed E-state index contributed by atoms with van der Waals surface area (Å²) < 4.78 is 0. The van der Waals surface area contributed by atoms with Crippen LogP contribution in [0.15, 0.2) is 0 Å². The molecule has 1 atom stereocenters. The van der Waals surface area contributed by atoms with Crippen LogP contribution in [0.4, 0.5) is 0 Å². The fourth-order valence-corrected chi connectivity index (χ4v) is 2.42. The van der Waals surface area contributed by atoms with Crippen molar-refractivity contribution in [3.8, 4) is 0 Å². The Morgan fingerprint density at radius 3 is 2.71 bits per heavy atom. The first-order valence-electron chi connectivity index (χ1n) is 7.72. The van der Waals surface area contributed by atoms with Gasteiger partial charge < -0.3 is 15.5 Å². The molecule has 1 aliphatic rings. The van der Waals surface area contributed by atoms with Crippen LogP contribution in [0, 0.1) is 0 Å². The largest absolute Gasteiger partial charge is 0.356 e. The molecular formula is C14H28N4O3. The molecule has 1 saturated heterocycles. The van der Waals surface area contributed by atoms with Gasteiger partial charge in [0.2, 0.25) is 11.8 Å². The van der Waals surface area contributed by atoms with E-state index in [0.717, 1.165) is 19.4 Å². The summed E-state index contributed by atoms with van der Waals surface area (Å²) in [4.78, 5) is 29.9. The van der Waals surface area contributed by atoms with Gasteiger partial charge in [0.1, 0.15) is 0 Å². The van der Waals surface area contributed by atoms with Crippen LogP contribution < -0.4 is 16.5 Å². The number of nitrogens with one attached hydrogen (secondary N) is 2. The Balaban J connectivity index is 2.05. The lowest BCUT2D eigenvalue weighted by Gasteiger charge is -2.32. The molecular weight excluding hydrogens is 272 g/mol. The normalized spacial score (nSPS) is 19.2. The van der Waals surface area contributed by atoms with E-state index in [4.69, 9.17) is 5.90 Å². The molecule has 0 spiro atoms. The Morgan fingerprint density at radius 2 is 2.00 bits per heavy atom. The first-order chi connectivity index (χ1) is 10.1. The lowest BCUT2D eigenvalue weighted by atomic mass is 10.0. The summed E-state index contributed by atoms with van der Waals surface area (Å²) in [7, 11) is 0. The van der Waals surface area contributed by atoms with E-state index in [1.807, 2.05) is 0 Å². The third-order valence-corrected chi connectivity index (χ3v) is 3.72. The molecule has 0 aromatic rings. The molecule has 1 rings (SSSR count). The van der Waals surface area contributed by atoms with E-state index in [1.54, 1.807) is 0 Å². The van der Waals surface area contributed by atoms with Crippen molar-refractivity contribution in [2.24, 2.45) is 5.90 Å². The van der Waals surface area contributed by atoms with Gasteiger partial charge in [-0.3, -0.25) is 14.5 Å². The lowest BCUT2D eigenvalue weighted by Crippen LogP contribution is -2.44. The SMILES string of the molecule is CC1CCCCN1CC(=O)NCCC(=O)NCCCON. The Hall–Kier alpha value is -1.18. The van der Waals surface area contributed by atoms with Crippen molar-refractivity contribution in [1.29, 1.82) is 0 Å². The highest BCUT2D eigenvalue weighted by molar-refractivity contribution is 5.80. The summed E-state index contributed by atoms with van der Waals surface area (Å²) in [5.41, 5.74) is 0. The summed E-state index contributed by atoms with van der Waals surface area (Å²) in [5.74, 6) is 4.80. The Morgan fingerprint density at radius 1 is 1.24 bits per heavy atom. The molecule has 0 aromatic carbocycles. The standard InChI is InChI=1S/C14H28N4O3/c1-12-5-2-3-9-18(12)11-14(20)17-8-6-13(19)16-7-4-10-21-15/h12H,2-11,15H2,1H3,(H,16,19)(H,17,20). The van der Waals surface area contributed by atoms with Gasteiger partial charge >= 0.3 is 0 Å². The summed E-state index contributed by atoms with van der Waals surface area (Å²) in [6, 6.07) is 0.470. The van der Waals surface area contributed by atoms with Gasteiger partial charge in [0.15, 0.2) is 0 Å². The van der Waals surface area contributed by atoms with Crippen molar-refractivity contribution in [3.05, 3.63) is 0 Å². The van der Waals surface area contributed by atoms with Crippen LogP contribution in [0.1, 0.15) is 39.0 Å². The van der Waals surface area contributed by atoms with E-state index >= 15 is 0 Å². The van der Waals surface area contributed by atoms with Crippen molar-refractivity contribution < 1.29 is 14.4 Å². The number of likely N-dealkylation sites (tertiary alicyclic amines) is 1. The number of carbonyl (C=O) groups excluding carboxylic acids is 2. The maximum absolute atomic E-state index is 11.8. The Kier molecular flexibility index (Phi) is 8.96. The average molecular weight is 300 g/mol. The van der Waals surface area contributed by atoms with E-state index in [2.05, 4.69) is 27.3 Å². The number of nitrogens with zero attached hydrogens (tertiary/aromatic N) is 1. The predicted octanol–water partition coefficient (Wildman–Crippen LogP) is -0.236. The van der Waals surface area contributed by atoms with Crippen molar-refractivity contribution >= 4 is 11.8 Å². The second-order valence-corrected chi connectivity index (χ2v) is 5.49. The first-order valence-corrected chi connectivity index (χ1v) is 7.72. The number of rotatable bonds is 9. The van der Waals surface area contributed by atoms with Crippen LogP contribution in [0.3, 0.4) is 0 Å². The van der Waals surface area contributed by atoms with Crippen LogP contribution in [-0.4, -0.2) is 55.5 Å². The molecule has 1 unspecified atom stereocenters. The van der Waals surface area contributed by atoms with Crippen molar-refractivity contribution in [3.63, 3.8) is 0 Å². The molecule has 7 heteroatoms. The fourth-order valence-electron chi connectivity index (χ4n) is 2.42. The Bertz CT molecular complexity index is 325. The minimum Gasteiger partial charge on any atom is -0.356 e. The summed E-state index contributed by atoms with van der Waals surface area (Å²) >= 11 is 0. The molecule has 7 nitrogen and oxygen atoms in total. The van der Waals surface area contributed by atoms with Crippen LogP contribution in [0.2, 0.25) is 0 Å². The monoisotopic (exact) mass is 300 g/mol.